The minimum Gasteiger partial charge on any atom is -0.390 e. The van der Waals surface area contributed by atoms with Gasteiger partial charge in [-0.1, -0.05) is 30.3 Å². The molecule has 1 amide bonds. The molecule has 0 saturated carbocycles. The Morgan fingerprint density at radius 1 is 1.19 bits per heavy atom. The first-order valence-corrected chi connectivity index (χ1v) is 8.09. The lowest BCUT2D eigenvalue weighted by molar-refractivity contribution is -0.00185. The van der Waals surface area contributed by atoms with Crippen molar-refractivity contribution in [2.75, 3.05) is 13.1 Å². The topological polar surface area (TPSA) is 40.5 Å². The van der Waals surface area contributed by atoms with E-state index in [2.05, 4.69) is 0 Å². The Morgan fingerprint density at radius 2 is 1.86 bits per heavy atom. The molecule has 21 heavy (non-hydrogen) atoms. The van der Waals surface area contributed by atoms with E-state index in [-0.39, 0.29) is 5.91 Å². The van der Waals surface area contributed by atoms with Gasteiger partial charge in [0.25, 0.3) is 5.91 Å². The number of benzene rings is 1. The molecule has 1 N–H and O–H groups in total. The van der Waals surface area contributed by atoms with Crippen molar-refractivity contribution in [1.82, 2.24) is 4.90 Å². The fourth-order valence-corrected chi connectivity index (χ4v) is 3.54. The van der Waals surface area contributed by atoms with Crippen molar-refractivity contribution >= 4 is 17.2 Å². The highest BCUT2D eigenvalue weighted by Crippen LogP contribution is 2.31. The first-order valence-electron chi connectivity index (χ1n) is 7.21. The van der Waals surface area contributed by atoms with Gasteiger partial charge in [-0.25, -0.2) is 0 Å². The number of hydrogen-bond acceptors (Lipinski definition) is 3. The Morgan fingerprint density at radius 3 is 2.52 bits per heavy atom. The van der Waals surface area contributed by atoms with Crippen molar-refractivity contribution < 1.29 is 9.90 Å². The van der Waals surface area contributed by atoms with Gasteiger partial charge in [0.1, 0.15) is 0 Å². The van der Waals surface area contributed by atoms with Crippen molar-refractivity contribution in [3.05, 3.63) is 46.7 Å². The minimum absolute atomic E-state index is 0.0827. The number of carbonyl (C=O) groups excluding carboxylic acids is 1. The maximum atomic E-state index is 12.7. The Balaban J connectivity index is 1.82. The molecule has 2 aromatic rings. The van der Waals surface area contributed by atoms with Gasteiger partial charge in [-0.15, -0.1) is 11.3 Å². The zero-order valence-corrected chi connectivity index (χ0v) is 12.9. The molecule has 0 aliphatic carbocycles. The molecule has 1 fully saturated rings. The number of thiophene rings is 1. The molecule has 3 rings (SSSR count). The molecule has 1 aliphatic heterocycles. The van der Waals surface area contributed by atoms with Crippen LogP contribution in [-0.4, -0.2) is 34.6 Å². The van der Waals surface area contributed by atoms with E-state index < -0.39 is 5.60 Å². The molecule has 0 atom stereocenters. The quantitative estimate of drug-likeness (QED) is 0.923. The van der Waals surface area contributed by atoms with E-state index in [0.29, 0.717) is 25.9 Å². The fourth-order valence-electron chi connectivity index (χ4n) is 2.66. The Kier molecular flexibility index (Phi) is 3.83. The average molecular weight is 301 g/mol. The number of nitrogens with zero attached hydrogens (tertiary/aromatic N) is 1. The number of piperidine rings is 1. The van der Waals surface area contributed by atoms with Gasteiger partial charge in [0.15, 0.2) is 0 Å². The van der Waals surface area contributed by atoms with Crippen LogP contribution in [0.4, 0.5) is 0 Å². The van der Waals surface area contributed by atoms with Crippen LogP contribution in [0.25, 0.3) is 11.1 Å². The molecule has 0 bridgehead atoms. The summed E-state index contributed by atoms with van der Waals surface area (Å²) in [6, 6.07) is 12.0. The number of carbonyl (C=O) groups is 1. The molecule has 3 nitrogen and oxygen atoms in total. The normalized spacial score (nSPS) is 17.7. The van der Waals surface area contributed by atoms with Crippen molar-refractivity contribution in [2.45, 2.75) is 25.4 Å². The van der Waals surface area contributed by atoms with Gasteiger partial charge >= 0.3 is 0 Å². The predicted molar refractivity (Wildman–Crippen MR) is 85.5 cm³/mol. The average Bonchev–Trinajstić information content (AvgIpc) is 2.97. The second-order valence-electron chi connectivity index (χ2n) is 5.82. The minimum atomic E-state index is -0.630. The van der Waals surface area contributed by atoms with Gasteiger partial charge in [-0.2, -0.15) is 0 Å². The van der Waals surface area contributed by atoms with Gasteiger partial charge in [-0.3, -0.25) is 4.79 Å². The lowest BCUT2D eigenvalue weighted by atomic mass is 9.93. The summed E-state index contributed by atoms with van der Waals surface area (Å²) >= 11 is 1.49. The molecule has 2 heterocycles. The summed E-state index contributed by atoms with van der Waals surface area (Å²) in [5.41, 5.74) is 1.45. The summed E-state index contributed by atoms with van der Waals surface area (Å²) in [7, 11) is 0. The molecule has 0 spiro atoms. The monoisotopic (exact) mass is 301 g/mol. The van der Waals surface area contributed by atoms with Gasteiger partial charge in [0.05, 0.1) is 10.5 Å². The fraction of sp³-hybridized carbons (Fsp3) is 0.353. The molecule has 0 unspecified atom stereocenters. The van der Waals surface area contributed by atoms with Crippen LogP contribution < -0.4 is 0 Å². The number of amides is 1. The summed E-state index contributed by atoms with van der Waals surface area (Å²) in [4.78, 5) is 15.4. The zero-order chi connectivity index (χ0) is 14.9. The third-order valence-corrected chi connectivity index (χ3v) is 4.97. The first kappa shape index (κ1) is 14.3. The molecular weight excluding hydrogens is 282 g/mol. The van der Waals surface area contributed by atoms with E-state index in [0.717, 1.165) is 16.0 Å². The van der Waals surface area contributed by atoms with Crippen molar-refractivity contribution in [1.29, 1.82) is 0 Å². The molecule has 1 aliphatic rings. The maximum Gasteiger partial charge on any atom is 0.264 e. The van der Waals surface area contributed by atoms with Crippen molar-refractivity contribution in [2.24, 2.45) is 0 Å². The van der Waals surface area contributed by atoms with Gasteiger partial charge in [-0.05, 0) is 36.8 Å². The van der Waals surface area contributed by atoms with Gasteiger partial charge in [0.2, 0.25) is 0 Å². The van der Waals surface area contributed by atoms with E-state index in [1.165, 1.54) is 11.3 Å². The summed E-state index contributed by atoms with van der Waals surface area (Å²) in [5, 5.41) is 12.0. The van der Waals surface area contributed by atoms with Gasteiger partial charge < -0.3 is 10.0 Å². The van der Waals surface area contributed by atoms with Crippen molar-refractivity contribution in [3.8, 4) is 11.1 Å². The van der Waals surface area contributed by atoms with E-state index in [4.69, 9.17) is 0 Å². The third kappa shape index (κ3) is 3.01. The predicted octanol–water partition coefficient (Wildman–Crippen LogP) is 3.40. The molecule has 110 valence electrons. The van der Waals surface area contributed by atoms with Gasteiger partial charge in [0, 0.05) is 18.7 Å². The van der Waals surface area contributed by atoms with Crippen molar-refractivity contribution in [3.63, 3.8) is 0 Å². The smallest absolute Gasteiger partial charge is 0.264 e. The SMILES string of the molecule is CC1(O)CCN(C(=O)c2sccc2-c2ccccc2)CC1. The standard InChI is InChI=1S/C17H19NO2S/c1-17(20)8-10-18(11-9-17)16(19)15-14(7-12-21-15)13-5-3-2-4-6-13/h2-7,12,20H,8-11H2,1H3. The Bertz CT molecular complexity index is 623. The van der Waals surface area contributed by atoms with Crippen LogP contribution in [0, 0.1) is 0 Å². The molecule has 1 saturated heterocycles. The summed E-state index contributed by atoms with van der Waals surface area (Å²) in [6.45, 7) is 3.09. The largest absolute Gasteiger partial charge is 0.390 e. The number of aliphatic hydroxyl groups is 1. The summed E-state index contributed by atoms with van der Waals surface area (Å²) < 4.78 is 0. The first-order chi connectivity index (χ1) is 10.1. The molecule has 1 aromatic carbocycles. The lowest BCUT2D eigenvalue weighted by Gasteiger charge is -2.35. The van der Waals surface area contributed by atoms with E-state index in [1.807, 2.05) is 53.6 Å². The second kappa shape index (κ2) is 5.62. The van der Waals surface area contributed by atoms with Crippen LogP contribution in [0.2, 0.25) is 0 Å². The van der Waals surface area contributed by atoms with Crippen LogP contribution in [0.1, 0.15) is 29.4 Å². The highest BCUT2D eigenvalue weighted by atomic mass is 32.1. The third-order valence-electron chi connectivity index (χ3n) is 4.07. The summed E-state index contributed by atoms with van der Waals surface area (Å²) in [5.74, 6) is 0.0827. The number of hydrogen-bond donors (Lipinski definition) is 1. The maximum absolute atomic E-state index is 12.7. The van der Waals surface area contributed by atoms with E-state index in [9.17, 15) is 9.90 Å². The summed E-state index contributed by atoms with van der Waals surface area (Å²) in [6.07, 6.45) is 1.29. The van der Waals surface area contributed by atoms with Crippen LogP contribution in [0.15, 0.2) is 41.8 Å². The van der Waals surface area contributed by atoms with Crippen LogP contribution in [0.5, 0.6) is 0 Å². The molecule has 1 aromatic heterocycles. The highest BCUT2D eigenvalue weighted by molar-refractivity contribution is 7.12. The zero-order valence-electron chi connectivity index (χ0n) is 12.1. The Hall–Kier alpha value is -1.65. The number of likely N-dealkylation sites (tertiary alicyclic amines) is 1. The molecular formula is C17H19NO2S. The highest BCUT2D eigenvalue weighted by Gasteiger charge is 2.31. The van der Waals surface area contributed by atoms with E-state index in [1.54, 1.807) is 0 Å². The second-order valence-corrected chi connectivity index (χ2v) is 6.73. The van der Waals surface area contributed by atoms with Crippen LogP contribution in [0.3, 0.4) is 0 Å². The van der Waals surface area contributed by atoms with Crippen LogP contribution in [-0.2, 0) is 0 Å². The van der Waals surface area contributed by atoms with E-state index >= 15 is 0 Å². The molecule has 4 heteroatoms. The number of rotatable bonds is 2. The Labute approximate surface area is 128 Å². The molecule has 0 radical (unpaired) electrons. The lowest BCUT2D eigenvalue weighted by Crippen LogP contribution is -2.45. The van der Waals surface area contributed by atoms with Crippen LogP contribution >= 0.6 is 11.3 Å².